The van der Waals surface area contributed by atoms with Crippen molar-refractivity contribution in [1.29, 1.82) is 0 Å². The number of nitrogens with zero attached hydrogens (tertiary/aromatic N) is 2. The number of rotatable bonds is 5. The van der Waals surface area contributed by atoms with Gasteiger partial charge in [0.2, 0.25) is 11.8 Å². The van der Waals surface area contributed by atoms with Gasteiger partial charge in [-0.3, -0.25) is 9.59 Å². The van der Waals surface area contributed by atoms with Crippen molar-refractivity contribution in [3.05, 3.63) is 66.7 Å². The topological polar surface area (TPSA) is 86.8 Å². The van der Waals surface area contributed by atoms with Crippen LogP contribution in [0.4, 0.5) is 11.4 Å². The number of hydrogen-bond donors (Lipinski definition) is 1. The van der Waals surface area contributed by atoms with Gasteiger partial charge >= 0.3 is 0 Å². The third-order valence-corrected chi connectivity index (χ3v) is 7.26. The molecule has 1 heterocycles. The molecule has 1 N–H and O–H groups in total. The fourth-order valence-corrected chi connectivity index (χ4v) is 5.01. The summed E-state index contributed by atoms with van der Waals surface area (Å²) in [7, 11) is -3.76. The quantitative estimate of drug-likeness (QED) is 0.645. The zero-order valence-corrected chi connectivity index (χ0v) is 18.6. The maximum atomic E-state index is 12.7. The average molecular weight is 452 g/mol. The molecule has 1 aliphatic heterocycles. The highest BCUT2D eigenvalue weighted by atomic mass is 32.2. The zero-order valence-electron chi connectivity index (χ0n) is 17.8. The van der Waals surface area contributed by atoms with Crippen LogP contribution < -0.4 is 10.2 Å². The van der Waals surface area contributed by atoms with Gasteiger partial charge in [0.1, 0.15) is 5.75 Å². The van der Waals surface area contributed by atoms with E-state index in [-0.39, 0.29) is 10.8 Å². The van der Waals surface area contributed by atoms with Crippen LogP contribution in [0.1, 0.15) is 6.92 Å². The molecule has 0 saturated carbocycles. The average Bonchev–Trinajstić information content (AvgIpc) is 2.79. The molecule has 2 amide bonds. The van der Waals surface area contributed by atoms with Crippen molar-refractivity contribution in [3.8, 4) is 0 Å². The lowest BCUT2D eigenvalue weighted by atomic mass is 10.1. The van der Waals surface area contributed by atoms with Crippen molar-refractivity contribution in [2.24, 2.45) is 0 Å². The smallest absolute Gasteiger partial charge is 0.239 e. The summed E-state index contributed by atoms with van der Waals surface area (Å²) >= 11 is 0. The molecule has 0 radical (unpaired) electrons. The lowest BCUT2D eigenvalue weighted by molar-refractivity contribution is -0.129. The molecule has 1 saturated heterocycles. The van der Waals surface area contributed by atoms with Crippen LogP contribution in [-0.4, -0.2) is 57.1 Å². The summed E-state index contributed by atoms with van der Waals surface area (Å²) in [5.41, 5.74) is 1.53. The van der Waals surface area contributed by atoms with Crippen LogP contribution in [0, 0.1) is 0 Å². The van der Waals surface area contributed by atoms with E-state index in [4.69, 9.17) is 0 Å². The summed E-state index contributed by atoms with van der Waals surface area (Å²) < 4.78 is 25.4. The fourth-order valence-electron chi connectivity index (χ4n) is 3.85. The van der Waals surface area contributed by atoms with E-state index >= 15 is 0 Å². The van der Waals surface area contributed by atoms with Crippen LogP contribution in [-0.2, 0) is 19.4 Å². The molecule has 0 bridgehead atoms. The van der Waals surface area contributed by atoms with Gasteiger partial charge in [-0.15, -0.1) is 0 Å². The molecule has 0 unspecified atom stereocenters. The number of fused-ring (bicyclic) bond motifs is 1. The molecule has 3 aromatic rings. The number of anilines is 2. The minimum Gasteiger partial charge on any atom is -0.368 e. The van der Waals surface area contributed by atoms with Crippen molar-refractivity contribution in [2.75, 3.05) is 42.1 Å². The summed E-state index contributed by atoms with van der Waals surface area (Å²) in [5, 5.41) is 4.42. The number of amides is 2. The maximum absolute atomic E-state index is 12.7. The molecule has 0 aromatic heterocycles. The Morgan fingerprint density at radius 2 is 1.53 bits per heavy atom. The van der Waals surface area contributed by atoms with E-state index in [9.17, 15) is 18.0 Å². The summed E-state index contributed by atoms with van der Waals surface area (Å²) in [4.78, 5) is 28.0. The lowest BCUT2D eigenvalue weighted by Crippen LogP contribution is -2.48. The van der Waals surface area contributed by atoms with Gasteiger partial charge in [0.05, 0.1) is 4.90 Å². The first-order valence-corrected chi connectivity index (χ1v) is 12.1. The molecule has 1 aliphatic rings. The second-order valence-electron chi connectivity index (χ2n) is 7.86. The number of carbonyl (C=O) groups is 2. The van der Waals surface area contributed by atoms with Crippen LogP contribution >= 0.6 is 0 Å². The molecule has 7 nitrogen and oxygen atoms in total. The first-order chi connectivity index (χ1) is 15.3. The second kappa shape index (κ2) is 9.00. The van der Waals surface area contributed by atoms with Crippen LogP contribution in [0.3, 0.4) is 0 Å². The van der Waals surface area contributed by atoms with Crippen molar-refractivity contribution in [2.45, 2.75) is 11.8 Å². The van der Waals surface area contributed by atoms with E-state index in [2.05, 4.69) is 10.2 Å². The predicted octanol–water partition coefficient (Wildman–Crippen LogP) is 2.92. The van der Waals surface area contributed by atoms with Crippen molar-refractivity contribution < 1.29 is 18.0 Å². The van der Waals surface area contributed by atoms with E-state index in [1.54, 1.807) is 31.2 Å². The molecule has 32 heavy (non-hydrogen) atoms. The van der Waals surface area contributed by atoms with Crippen LogP contribution in [0.2, 0.25) is 0 Å². The molecular formula is C24H25N3O4S. The molecular weight excluding hydrogens is 426 g/mol. The number of piperazine rings is 1. The Morgan fingerprint density at radius 1 is 0.875 bits per heavy atom. The predicted molar refractivity (Wildman–Crippen MR) is 126 cm³/mol. The molecule has 0 spiro atoms. The highest BCUT2D eigenvalue weighted by molar-refractivity contribution is 7.92. The van der Waals surface area contributed by atoms with Gasteiger partial charge in [0, 0.05) is 44.5 Å². The molecule has 3 aromatic carbocycles. The highest BCUT2D eigenvalue weighted by Crippen LogP contribution is 2.22. The first kappa shape index (κ1) is 21.8. The van der Waals surface area contributed by atoms with E-state index in [0.29, 0.717) is 18.8 Å². The summed E-state index contributed by atoms with van der Waals surface area (Å²) in [6.45, 7) is 4.43. The summed E-state index contributed by atoms with van der Waals surface area (Å²) in [5.74, 6) is -1.12. The third-order valence-electron chi connectivity index (χ3n) is 5.64. The van der Waals surface area contributed by atoms with Crippen molar-refractivity contribution in [1.82, 2.24) is 4.90 Å². The van der Waals surface area contributed by atoms with Gasteiger partial charge in [0.25, 0.3) is 0 Å². The van der Waals surface area contributed by atoms with Gasteiger partial charge in [-0.25, -0.2) is 8.42 Å². The van der Waals surface area contributed by atoms with Crippen LogP contribution in [0.5, 0.6) is 0 Å². The molecule has 4 rings (SSSR count). The SMILES string of the molecule is CC(=O)N1CCN(c2ccc(NC(=O)CS(=O)(=O)c3ccc4ccccc4c3)cc2)CC1. The van der Waals surface area contributed by atoms with Gasteiger partial charge in [-0.05, 0) is 47.2 Å². The Hall–Kier alpha value is -3.39. The Bertz CT molecular complexity index is 1250. The largest absolute Gasteiger partial charge is 0.368 e. The summed E-state index contributed by atoms with van der Waals surface area (Å²) in [6, 6.07) is 19.6. The normalized spacial score (nSPS) is 14.4. The van der Waals surface area contributed by atoms with Crippen molar-refractivity contribution >= 4 is 43.8 Å². The minimum absolute atomic E-state index is 0.0846. The monoisotopic (exact) mass is 451 g/mol. The first-order valence-electron chi connectivity index (χ1n) is 10.4. The standard InChI is InChI=1S/C24H25N3O4S/c1-18(28)26-12-14-27(15-13-26)22-9-7-21(8-10-22)25-24(29)17-32(30,31)23-11-6-19-4-2-3-5-20(19)16-23/h2-11,16H,12-15,17H2,1H3,(H,25,29). The molecule has 0 atom stereocenters. The maximum Gasteiger partial charge on any atom is 0.239 e. The van der Waals surface area contributed by atoms with Gasteiger partial charge < -0.3 is 15.1 Å². The molecule has 1 fully saturated rings. The number of carbonyl (C=O) groups excluding carboxylic acids is 2. The second-order valence-corrected chi connectivity index (χ2v) is 9.85. The third kappa shape index (κ3) is 4.91. The number of nitrogens with one attached hydrogen (secondary N) is 1. The summed E-state index contributed by atoms with van der Waals surface area (Å²) in [6.07, 6.45) is 0. The number of hydrogen-bond acceptors (Lipinski definition) is 5. The highest BCUT2D eigenvalue weighted by Gasteiger charge is 2.21. The zero-order chi connectivity index (χ0) is 22.7. The van der Waals surface area contributed by atoms with E-state index in [1.165, 1.54) is 6.07 Å². The Balaban J connectivity index is 1.37. The Morgan fingerprint density at radius 3 is 2.19 bits per heavy atom. The Kier molecular flexibility index (Phi) is 6.14. The van der Waals surface area contributed by atoms with E-state index in [1.807, 2.05) is 41.3 Å². The fraction of sp³-hybridized carbons (Fsp3) is 0.250. The van der Waals surface area contributed by atoms with Gasteiger partial charge in [-0.1, -0.05) is 30.3 Å². The van der Waals surface area contributed by atoms with Gasteiger partial charge in [0.15, 0.2) is 9.84 Å². The van der Waals surface area contributed by atoms with Crippen LogP contribution in [0.25, 0.3) is 10.8 Å². The lowest BCUT2D eigenvalue weighted by Gasteiger charge is -2.35. The minimum atomic E-state index is -3.76. The van der Waals surface area contributed by atoms with E-state index in [0.717, 1.165) is 29.5 Å². The molecule has 0 aliphatic carbocycles. The molecule has 8 heteroatoms. The van der Waals surface area contributed by atoms with E-state index < -0.39 is 21.5 Å². The van der Waals surface area contributed by atoms with Crippen molar-refractivity contribution in [3.63, 3.8) is 0 Å². The Labute approximate surface area is 187 Å². The number of sulfone groups is 1. The number of benzene rings is 3. The van der Waals surface area contributed by atoms with Crippen LogP contribution in [0.15, 0.2) is 71.6 Å². The molecule has 166 valence electrons. The van der Waals surface area contributed by atoms with Gasteiger partial charge in [-0.2, -0.15) is 0 Å².